The minimum atomic E-state index is -0.405. The van der Waals surface area contributed by atoms with Gasteiger partial charge in [0.25, 0.3) is 0 Å². The lowest BCUT2D eigenvalue weighted by atomic mass is 10.1. The maximum absolute atomic E-state index is 12.9. The molecule has 0 aliphatic carbocycles. The lowest BCUT2D eigenvalue weighted by molar-refractivity contribution is -0.116. The summed E-state index contributed by atoms with van der Waals surface area (Å²) in [4.78, 5) is 24.0. The third-order valence-electron chi connectivity index (χ3n) is 3.66. The first-order valence-electron chi connectivity index (χ1n) is 7.82. The highest BCUT2D eigenvalue weighted by atomic mass is 19.1. The van der Waals surface area contributed by atoms with Gasteiger partial charge in [0.2, 0.25) is 5.91 Å². The summed E-state index contributed by atoms with van der Waals surface area (Å²) in [7, 11) is 0. The fourth-order valence-corrected chi connectivity index (χ4v) is 2.32. The number of nitrogens with one attached hydrogen (secondary N) is 1. The number of hydrogen-bond acceptors (Lipinski definition) is 3. The summed E-state index contributed by atoms with van der Waals surface area (Å²) in [6, 6.07) is 11.2. The van der Waals surface area contributed by atoms with Crippen LogP contribution in [0.4, 0.5) is 10.1 Å². The quantitative estimate of drug-likeness (QED) is 0.818. The molecule has 0 saturated heterocycles. The van der Waals surface area contributed by atoms with Crippen molar-refractivity contribution in [2.75, 3.05) is 11.9 Å². The Morgan fingerprint density at radius 3 is 2.50 bits per heavy atom. The van der Waals surface area contributed by atoms with Crippen molar-refractivity contribution in [3.05, 3.63) is 65.0 Å². The number of hydrogen-bond donors (Lipinski definition) is 1. The first kappa shape index (κ1) is 17.7. The zero-order valence-corrected chi connectivity index (χ0v) is 13.8. The highest BCUT2D eigenvalue weighted by Gasteiger charge is 2.14. The van der Waals surface area contributed by atoms with Crippen molar-refractivity contribution >= 4 is 17.6 Å². The molecule has 0 aliphatic heterocycles. The molecule has 0 aromatic heterocycles. The molecule has 0 heterocycles. The summed E-state index contributed by atoms with van der Waals surface area (Å²) in [5.41, 5.74) is 2.59. The molecule has 24 heavy (non-hydrogen) atoms. The Bertz CT molecular complexity index is 726. The minimum Gasteiger partial charge on any atom is -0.462 e. The van der Waals surface area contributed by atoms with E-state index in [1.54, 1.807) is 44.2 Å². The molecule has 0 radical (unpaired) electrons. The van der Waals surface area contributed by atoms with Crippen LogP contribution >= 0.6 is 0 Å². The van der Waals surface area contributed by atoms with Gasteiger partial charge in [-0.15, -0.1) is 0 Å². The lowest BCUT2D eigenvalue weighted by Crippen LogP contribution is -2.15. The molecule has 2 aromatic carbocycles. The first-order valence-corrected chi connectivity index (χ1v) is 7.82. The number of carbonyl (C=O) groups is 2. The molecule has 2 aromatic rings. The van der Waals surface area contributed by atoms with E-state index in [4.69, 9.17) is 4.74 Å². The molecule has 5 heteroatoms. The van der Waals surface area contributed by atoms with Gasteiger partial charge in [-0.2, -0.15) is 0 Å². The average molecular weight is 329 g/mol. The monoisotopic (exact) mass is 329 g/mol. The van der Waals surface area contributed by atoms with Crippen LogP contribution in [-0.2, 0) is 16.0 Å². The fourth-order valence-electron chi connectivity index (χ4n) is 2.32. The standard InChI is InChI=1S/C19H20FNO3/c1-3-24-19(23)16-5-4-6-17(13(16)2)21-18(22)12-9-14-7-10-15(20)11-8-14/h4-8,10-11H,3,9,12H2,1-2H3,(H,21,22). The van der Waals surface area contributed by atoms with Crippen molar-refractivity contribution in [2.24, 2.45) is 0 Å². The normalized spacial score (nSPS) is 10.3. The van der Waals surface area contributed by atoms with E-state index in [0.717, 1.165) is 5.56 Å². The highest BCUT2D eigenvalue weighted by Crippen LogP contribution is 2.20. The van der Waals surface area contributed by atoms with Gasteiger partial charge in [-0.25, -0.2) is 9.18 Å². The number of benzene rings is 2. The summed E-state index contributed by atoms with van der Waals surface area (Å²) in [6.45, 7) is 3.81. The summed E-state index contributed by atoms with van der Waals surface area (Å²) >= 11 is 0. The molecular weight excluding hydrogens is 309 g/mol. The van der Waals surface area contributed by atoms with Gasteiger partial charge >= 0.3 is 5.97 Å². The second-order valence-corrected chi connectivity index (χ2v) is 5.37. The van der Waals surface area contributed by atoms with Gasteiger partial charge in [-0.05, 0) is 55.7 Å². The summed E-state index contributed by atoms with van der Waals surface area (Å²) in [5.74, 6) is -0.865. The van der Waals surface area contributed by atoms with Gasteiger partial charge in [0.1, 0.15) is 5.82 Å². The third-order valence-corrected chi connectivity index (χ3v) is 3.66. The van der Waals surface area contributed by atoms with E-state index in [-0.39, 0.29) is 18.1 Å². The van der Waals surface area contributed by atoms with E-state index in [1.807, 2.05) is 0 Å². The first-order chi connectivity index (χ1) is 11.5. The van der Waals surface area contributed by atoms with Crippen LogP contribution in [0, 0.1) is 12.7 Å². The molecule has 0 fully saturated rings. The number of esters is 1. The van der Waals surface area contributed by atoms with Crippen LogP contribution in [-0.4, -0.2) is 18.5 Å². The van der Waals surface area contributed by atoms with Crippen LogP contribution in [0.5, 0.6) is 0 Å². The molecule has 1 amide bonds. The van der Waals surface area contributed by atoms with Crippen LogP contribution in [0.2, 0.25) is 0 Å². The van der Waals surface area contributed by atoms with Gasteiger partial charge in [-0.1, -0.05) is 18.2 Å². The van der Waals surface area contributed by atoms with Gasteiger partial charge in [0.15, 0.2) is 0 Å². The Kier molecular flexibility index (Phi) is 6.07. The number of ether oxygens (including phenoxy) is 1. The molecule has 4 nitrogen and oxygen atoms in total. The molecule has 0 unspecified atom stereocenters. The molecule has 0 spiro atoms. The summed E-state index contributed by atoms with van der Waals surface area (Å²) in [6.07, 6.45) is 0.789. The third kappa shape index (κ3) is 4.65. The Hall–Kier alpha value is -2.69. The van der Waals surface area contributed by atoms with E-state index >= 15 is 0 Å². The fraction of sp³-hybridized carbons (Fsp3) is 0.263. The number of rotatable bonds is 6. The van der Waals surface area contributed by atoms with Gasteiger partial charge < -0.3 is 10.1 Å². The van der Waals surface area contributed by atoms with Crippen LogP contribution < -0.4 is 5.32 Å². The van der Waals surface area contributed by atoms with E-state index in [9.17, 15) is 14.0 Å². The van der Waals surface area contributed by atoms with E-state index < -0.39 is 5.97 Å². The molecule has 0 aliphatic rings. The Morgan fingerprint density at radius 2 is 1.83 bits per heavy atom. The molecule has 2 rings (SSSR count). The van der Waals surface area contributed by atoms with Crippen molar-refractivity contribution in [1.82, 2.24) is 0 Å². The smallest absolute Gasteiger partial charge is 0.338 e. The summed E-state index contributed by atoms with van der Waals surface area (Å²) in [5, 5.41) is 2.81. The molecule has 0 saturated carbocycles. The SMILES string of the molecule is CCOC(=O)c1cccc(NC(=O)CCc2ccc(F)cc2)c1C. The van der Waals surface area contributed by atoms with Gasteiger partial charge in [0, 0.05) is 12.1 Å². The minimum absolute atomic E-state index is 0.163. The maximum atomic E-state index is 12.9. The number of aryl methyl sites for hydroxylation is 1. The van der Waals surface area contributed by atoms with E-state index in [0.29, 0.717) is 29.8 Å². The molecule has 1 N–H and O–H groups in total. The highest BCUT2D eigenvalue weighted by molar-refractivity contribution is 5.96. The Labute approximate surface area is 140 Å². The maximum Gasteiger partial charge on any atom is 0.338 e. The molecule has 0 atom stereocenters. The lowest BCUT2D eigenvalue weighted by Gasteiger charge is -2.12. The second kappa shape index (κ2) is 8.24. The number of halogens is 1. The topological polar surface area (TPSA) is 55.4 Å². The predicted octanol–water partition coefficient (Wildman–Crippen LogP) is 3.88. The largest absolute Gasteiger partial charge is 0.462 e. The number of anilines is 1. The van der Waals surface area contributed by atoms with E-state index in [1.165, 1.54) is 12.1 Å². The zero-order valence-electron chi connectivity index (χ0n) is 13.8. The zero-order chi connectivity index (χ0) is 17.5. The van der Waals surface area contributed by atoms with Crippen molar-refractivity contribution in [3.8, 4) is 0 Å². The van der Waals surface area contributed by atoms with E-state index in [2.05, 4.69) is 5.32 Å². The summed E-state index contributed by atoms with van der Waals surface area (Å²) < 4.78 is 17.9. The van der Waals surface area contributed by atoms with Crippen molar-refractivity contribution < 1.29 is 18.7 Å². The predicted molar refractivity (Wildman–Crippen MR) is 90.5 cm³/mol. The average Bonchev–Trinajstić information content (AvgIpc) is 2.56. The van der Waals surface area contributed by atoms with Crippen LogP contribution in [0.3, 0.4) is 0 Å². The van der Waals surface area contributed by atoms with Crippen molar-refractivity contribution in [1.29, 1.82) is 0 Å². The van der Waals surface area contributed by atoms with Crippen LogP contribution in [0.15, 0.2) is 42.5 Å². The van der Waals surface area contributed by atoms with Gasteiger partial charge in [-0.3, -0.25) is 4.79 Å². The molecular formula is C19H20FNO3. The molecule has 0 bridgehead atoms. The van der Waals surface area contributed by atoms with Crippen molar-refractivity contribution in [2.45, 2.75) is 26.7 Å². The van der Waals surface area contributed by atoms with Crippen LogP contribution in [0.25, 0.3) is 0 Å². The number of amides is 1. The second-order valence-electron chi connectivity index (χ2n) is 5.37. The number of carbonyl (C=O) groups excluding carboxylic acids is 2. The van der Waals surface area contributed by atoms with Gasteiger partial charge in [0.05, 0.1) is 12.2 Å². The van der Waals surface area contributed by atoms with Crippen molar-refractivity contribution in [3.63, 3.8) is 0 Å². The Balaban J connectivity index is 1.99. The Morgan fingerprint density at radius 1 is 1.12 bits per heavy atom. The molecule has 126 valence electrons. The van der Waals surface area contributed by atoms with Crippen LogP contribution in [0.1, 0.15) is 34.8 Å².